The highest BCUT2D eigenvalue weighted by molar-refractivity contribution is 6.07. The third-order valence-electron chi connectivity index (χ3n) is 9.80. The first-order chi connectivity index (χ1) is 25.8. The summed E-state index contributed by atoms with van der Waals surface area (Å²) in [6.45, 7) is 0. The van der Waals surface area contributed by atoms with Gasteiger partial charge in [0, 0.05) is 27.7 Å². The molecule has 0 fully saturated rings. The number of rotatable bonds is 8. The molecule has 0 saturated heterocycles. The SMILES string of the molecule is c1ccc(-c2cccc(-c3cccc(N(c4ccccc4)c4cccc5ccccc45)c3N(c3ccccc3)c3cccc4ccccc34)c2)cc1. The largest absolute Gasteiger partial charge is 0.308 e. The van der Waals surface area contributed by atoms with E-state index in [-0.39, 0.29) is 0 Å². The van der Waals surface area contributed by atoms with Gasteiger partial charge in [0.1, 0.15) is 0 Å². The lowest BCUT2D eigenvalue weighted by Gasteiger charge is -2.35. The Hall–Kier alpha value is -6.90. The van der Waals surface area contributed by atoms with E-state index >= 15 is 0 Å². The number of fused-ring (bicyclic) bond motifs is 2. The van der Waals surface area contributed by atoms with Gasteiger partial charge in [-0.05, 0) is 76.0 Å². The van der Waals surface area contributed by atoms with Crippen molar-refractivity contribution in [3.63, 3.8) is 0 Å². The lowest BCUT2D eigenvalue weighted by Crippen LogP contribution is -2.18. The highest BCUT2D eigenvalue weighted by Crippen LogP contribution is 2.52. The van der Waals surface area contributed by atoms with E-state index in [9.17, 15) is 0 Å². The van der Waals surface area contributed by atoms with E-state index in [1.165, 1.54) is 32.7 Å². The van der Waals surface area contributed by atoms with Gasteiger partial charge < -0.3 is 9.80 Å². The smallest absolute Gasteiger partial charge is 0.0781 e. The van der Waals surface area contributed by atoms with Crippen LogP contribution in [-0.2, 0) is 0 Å². The van der Waals surface area contributed by atoms with E-state index in [1.807, 2.05) is 0 Å². The van der Waals surface area contributed by atoms with Gasteiger partial charge in [0.2, 0.25) is 0 Å². The first kappa shape index (κ1) is 31.1. The van der Waals surface area contributed by atoms with Crippen molar-refractivity contribution in [2.75, 3.05) is 9.80 Å². The second-order valence-corrected chi connectivity index (χ2v) is 13.0. The molecular weight excluding hydrogens is 629 g/mol. The maximum atomic E-state index is 2.46. The lowest BCUT2D eigenvalue weighted by molar-refractivity contribution is 1.24. The number of hydrogen-bond acceptors (Lipinski definition) is 2. The van der Waals surface area contributed by atoms with E-state index < -0.39 is 0 Å². The molecular formula is C50H36N2. The fourth-order valence-electron chi connectivity index (χ4n) is 7.43. The molecule has 0 saturated carbocycles. The summed E-state index contributed by atoms with van der Waals surface area (Å²) >= 11 is 0. The number of benzene rings is 9. The molecule has 2 heteroatoms. The van der Waals surface area contributed by atoms with Gasteiger partial charge in [-0.1, -0.05) is 170 Å². The molecule has 9 rings (SSSR count). The summed E-state index contributed by atoms with van der Waals surface area (Å²) < 4.78 is 0. The fourth-order valence-corrected chi connectivity index (χ4v) is 7.43. The molecule has 2 nitrogen and oxygen atoms in total. The van der Waals surface area contributed by atoms with Crippen LogP contribution in [0.2, 0.25) is 0 Å². The number of para-hydroxylation sites is 3. The second-order valence-electron chi connectivity index (χ2n) is 13.0. The number of anilines is 6. The molecule has 0 unspecified atom stereocenters. The zero-order chi connectivity index (χ0) is 34.7. The van der Waals surface area contributed by atoms with E-state index in [0.29, 0.717) is 0 Å². The van der Waals surface area contributed by atoms with E-state index in [4.69, 9.17) is 0 Å². The zero-order valence-corrected chi connectivity index (χ0v) is 28.7. The van der Waals surface area contributed by atoms with E-state index in [0.717, 1.165) is 45.3 Å². The molecule has 0 N–H and O–H groups in total. The summed E-state index contributed by atoms with van der Waals surface area (Å²) in [6.07, 6.45) is 0. The van der Waals surface area contributed by atoms with Crippen molar-refractivity contribution in [3.05, 3.63) is 218 Å². The Labute approximate surface area is 305 Å². The van der Waals surface area contributed by atoms with Gasteiger partial charge in [-0.3, -0.25) is 0 Å². The predicted molar refractivity (Wildman–Crippen MR) is 222 cm³/mol. The molecule has 0 bridgehead atoms. The number of nitrogens with zero attached hydrogens (tertiary/aromatic N) is 2. The van der Waals surface area contributed by atoms with Gasteiger partial charge in [0.05, 0.1) is 22.7 Å². The van der Waals surface area contributed by atoms with Crippen LogP contribution in [0.3, 0.4) is 0 Å². The monoisotopic (exact) mass is 664 g/mol. The zero-order valence-electron chi connectivity index (χ0n) is 28.7. The van der Waals surface area contributed by atoms with Crippen molar-refractivity contribution in [1.82, 2.24) is 0 Å². The molecule has 246 valence electrons. The minimum Gasteiger partial charge on any atom is -0.308 e. The summed E-state index contributed by atoms with van der Waals surface area (Å²) in [7, 11) is 0. The second kappa shape index (κ2) is 13.8. The summed E-state index contributed by atoms with van der Waals surface area (Å²) in [6, 6.07) is 78.5. The molecule has 0 aromatic heterocycles. The summed E-state index contributed by atoms with van der Waals surface area (Å²) in [5.41, 5.74) is 11.2. The molecule has 0 amide bonds. The molecule has 0 heterocycles. The molecule has 9 aromatic carbocycles. The van der Waals surface area contributed by atoms with Crippen molar-refractivity contribution in [3.8, 4) is 22.3 Å². The van der Waals surface area contributed by atoms with Crippen LogP contribution < -0.4 is 9.80 Å². The summed E-state index contributed by atoms with van der Waals surface area (Å²) in [4.78, 5) is 4.90. The standard InChI is InChI=1S/C50H36N2/c1-4-18-37(19-5-1)40-24-14-25-41(36-40)46-32-17-35-49(51(42-26-6-2-7-27-42)47-33-15-22-38-20-10-12-30-44(38)47)50(46)52(43-28-8-3-9-29-43)48-34-16-23-39-21-11-13-31-45(39)48/h1-36H. The van der Waals surface area contributed by atoms with Crippen molar-refractivity contribution in [1.29, 1.82) is 0 Å². The highest BCUT2D eigenvalue weighted by atomic mass is 15.2. The van der Waals surface area contributed by atoms with Gasteiger partial charge >= 0.3 is 0 Å². The Morgan fingerprint density at radius 1 is 0.269 bits per heavy atom. The van der Waals surface area contributed by atoms with Crippen LogP contribution in [0.1, 0.15) is 0 Å². The number of hydrogen-bond donors (Lipinski definition) is 0. The topological polar surface area (TPSA) is 6.48 Å². The maximum Gasteiger partial charge on any atom is 0.0781 e. The predicted octanol–water partition coefficient (Wildman–Crippen LogP) is 14.3. The van der Waals surface area contributed by atoms with Crippen LogP contribution in [0, 0.1) is 0 Å². The van der Waals surface area contributed by atoms with Crippen LogP contribution in [0.5, 0.6) is 0 Å². The normalized spacial score (nSPS) is 11.1. The van der Waals surface area contributed by atoms with Crippen LogP contribution >= 0.6 is 0 Å². The molecule has 0 aliphatic heterocycles. The molecule has 0 spiro atoms. The molecule has 0 radical (unpaired) electrons. The van der Waals surface area contributed by atoms with Crippen LogP contribution in [-0.4, -0.2) is 0 Å². The maximum absolute atomic E-state index is 2.46. The third kappa shape index (κ3) is 5.77. The van der Waals surface area contributed by atoms with Gasteiger partial charge in [-0.15, -0.1) is 0 Å². The quantitative estimate of drug-likeness (QED) is 0.159. The van der Waals surface area contributed by atoms with Crippen LogP contribution in [0.25, 0.3) is 43.8 Å². The van der Waals surface area contributed by atoms with Crippen molar-refractivity contribution in [2.45, 2.75) is 0 Å². The third-order valence-corrected chi connectivity index (χ3v) is 9.80. The van der Waals surface area contributed by atoms with Crippen LogP contribution in [0.4, 0.5) is 34.1 Å². The van der Waals surface area contributed by atoms with Crippen LogP contribution in [0.15, 0.2) is 218 Å². The fraction of sp³-hybridized carbons (Fsp3) is 0. The van der Waals surface area contributed by atoms with Gasteiger partial charge in [-0.25, -0.2) is 0 Å². The minimum absolute atomic E-state index is 1.07. The first-order valence-corrected chi connectivity index (χ1v) is 17.8. The summed E-state index contributed by atoms with van der Waals surface area (Å²) in [5.74, 6) is 0. The molecule has 52 heavy (non-hydrogen) atoms. The van der Waals surface area contributed by atoms with E-state index in [2.05, 4.69) is 228 Å². The Kier molecular flexibility index (Phi) is 8.24. The average molecular weight is 665 g/mol. The Bertz CT molecular complexity index is 2620. The summed E-state index contributed by atoms with van der Waals surface area (Å²) in [5, 5.41) is 4.76. The average Bonchev–Trinajstić information content (AvgIpc) is 3.23. The van der Waals surface area contributed by atoms with Crippen molar-refractivity contribution >= 4 is 55.7 Å². The Morgan fingerprint density at radius 2 is 0.692 bits per heavy atom. The first-order valence-electron chi connectivity index (χ1n) is 17.8. The van der Waals surface area contributed by atoms with Gasteiger partial charge in [0.15, 0.2) is 0 Å². The van der Waals surface area contributed by atoms with Crippen molar-refractivity contribution in [2.24, 2.45) is 0 Å². The Balaban J connectivity index is 1.41. The molecule has 0 aliphatic carbocycles. The Morgan fingerprint density at radius 3 is 1.33 bits per heavy atom. The van der Waals surface area contributed by atoms with Crippen molar-refractivity contribution < 1.29 is 0 Å². The highest BCUT2D eigenvalue weighted by Gasteiger charge is 2.27. The molecule has 9 aromatic rings. The molecule has 0 atom stereocenters. The lowest BCUT2D eigenvalue weighted by atomic mass is 9.95. The minimum atomic E-state index is 1.07. The van der Waals surface area contributed by atoms with Gasteiger partial charge in [-0.2, -0.15) is 0 Å². The molecule has 0 aliphatic rings. The van der Waals surface area contributed by atoms with E-state index in [1.54, 1.807) is 0 Å². The van der Waals surface area contributed by atoms with Gasteiger partial charge in [0.25, 0.3) is 0 Å².